The highest BCUT2D eigenvalue weighted by molar-refractivity contribution is 5.90. The van der Waals surface area contributed by atoms with Gasteiger partial charge in [-0.1, -0.05) is 12.1 Å². The lowest BCUT2D eigenvalue weighted by Gasteiger charge is -2.29. The molecule has 1 fully saturated rings. The van der Waals surface area contributed by atoms with Crippen molar-refractivity contribution < 1.29 is 14.2 Å². The average Bonchev–Trinajstić information content (AvgIpc) is 2.73. The van der Waals surface area contributed by atoms with Crippen LogP contribution in [0.1, 0.15) is 0 Å². The Hall–Kier alpha value is -3.06. The van der Waals surface area contributed by atoms with Crippen molar-refractivity contribution >= 4 is 28.4 Å². The van der Waals surface area contributed by atoms with E-state index < -0.39 is 0 Å². The lowest BCUT2D eigenvalue weighted by molar-refractivity contribution is 0.122. The standard InChI is InChI=1S/C20H22N4O3/c1-25-15-11-14(12-16(13-15)26-2)21-20-22-18-6-4-3-5-17(18)19(23-20)24-7-9-27-10-8-24/h3-6,11-13H,7-10H2,1-2H3,(H,21,22,23). The summed E-state index contributed by atoms with van der Waals surface area (Å²) in [6.45, 7) is 3.03. The lowest BCUT2D eigenvalue weighted by atomic mass is 10.2. The highest BCUT2D eigenvalue weighted by Gasteiger charge is 2.17. The fourth-order valence-corrected chi connectivity index (χ4v) is 3.14. The lowest BCUT2D eigenvalue weighted by Crippen LogP contribution is -2.37. The Morgan fingerprint density at radius 3 is 2.37 bits per heavy atom. The van der Waals surface area contributed by atoms with E-state index in [1.165, 1.54) is 0 Å². The number of benzene rings is 2. The van der Waals surface area contributed by atoms with Gasteiger partial charge in [0, 0.05) is 42.4 Å². The molecule has 0 saturated carbocycles. The van der Waals surface area contributed by atoms with Crippen LogP contribution in [0.4, 0.5) is 17.5 Å². The molecule has 7 nitrogen and oxygen atoms in total. The molecule has 2 heterocycles. The summed E-state index contributed by atoms with van der Waals surface area (Å²) in [6, 6.07) is 13.6. The molecular formula is C20H22N4O3. The van der Waals surface area contributed by atoms with Crippen molar-refractivity contribution in [3.8, 4) is 11.5 Å². The van der Waals surface area contributed by atoms with Crippen LogP contribution in [-0.2, 0) is 4.74 Å². The monoisotopic (exact) mass is 366 g/mol. The Kier molecular flexibility index (Phi) is 4.93. The minimum Gasteiger partial charge on any atom is -0.497 e. The molecule has 2 aromatic carbocycles. The predicted molar refractivity (Wildman–Crippen MR) is 105 cm³/mol. The van der Waals surface area contributed by atoms with Crippen LogP contribution >= 0.6 is 0 Å². The fourth-order valence-electron chi connectivity index (χ4n) is 3.14. The summed E-state index contributed by atoms with van der Waals surface area (Å²) in [5.41, 5.74) is 1.70. The van der Waals surface area contributed by atoms with Crippen molar-refractivity contribution in [3.63, 3.8) is 0 Å². The van der Waals surface area contributed by atoms with Gasteiger partial charge in [-0.25, -0.2) is 4.98 Å². The average molecular weight is 366 g/mol. The van der Waals surface area contributed by atoms with Gasteiger partial charge >= 0.3 is 0 Å². The molecule has 0 atom stereocenters. The Labute approximate surface area is 157 Å². The van der Waals surface area contributed by atoms with Crippen LogP contribution in [0.5, 0.6) is 11.5 Å². The molecule has 0 amide bonds. The second-order valence-corrected chi connectivity index (χ2v) is 6.21. The van der Waals surface area contributed by atoms with E-state index in [0.29, 0.717) is 30.7 Å². The number of hydrogen-bond acceptors (Lipinski definition) is 7. The van der Waals surface area contributed by atoms with Crippen molar-refractivity contribution in [2.24, 2.45) is 0 Å². The zero-order valence-corrected chi connectivity index (χ0v) is 15.4. The quantitative estimate of drug-likeness (QED) is 0.743. The summed E-state index contributed by atoms with van der Waals surface area (Å²) in [5, 5.41) is 4.32. The van der Waals surface area contributed by atoms with Gasteiger partial charge in [0.1, 0.15) is 17.3 Å². The molecule has 1 aromatic heterocycles. The number of anilines is 3. The van der Waals surface area contributed by atoms with Crippen molar-refractivity contribution in [2.75, 3.05) is 50.7 Å². The SMILES string of the molecule is COc1cc(Nc2nc(N3CCOCC3)c3ccccc3n2)cc(OC)c1. The third kappa shape index (κ3) is 3.73. The first-order valence-electron chi connectivity index (χ1n) is 8.86. The van der Waals surface area contributed by atoms with E-state index in [1.54, 1.807) is 14.2 Å². The maximum atomic E-state index is 5.48. The molecule has 1 aliphatic heterocycles. The van der Waals surface area contributed by atoms with E-state index in [1.807, 2.05) is 36.4 Å². The number of nitrogens with one attached hydrogen (secondary N) is 1. The van der Waals surface area contributed by atoms with Crippen LogP contribution in [0.15, 0.2) is 42.5 Å². The fraction of sp³-hybridized carbons (Fsp3) is 0.300. The van der Waals surface area contributed by atoms with Crippen LogP contribution in [0.25, 0.3) is 10.9 Å². The summed E-state index contributed by atoms with van der Waals surface area (Å²) in [6.07, 6.45) is 0. The first kappa shape index (κ1) is 17.4. The van der Waals surface area contributed by atoms with Gasteiger partial charge in [0.2, 0.25) is 5.95 Å². The Morgan fingerprint density at radius 1 is 0.963 bits per heavy atom. The van der Waals surface area contributed by atoms with Crippen molar-refractivity contribution in [2.45, 2.75) is 0 Å². The summed E-state index contributed by atoms with van der Waals surface area (Å²) in [7, 11) is 3.25. The summed E-state index contributed by atoms with van der Waals surface area (Å²) in [5.74, 6) is 2.85. The van der Waals surface area contributed by atoms with Crippen LogP contribution in [0.2, 0.25) is 0 Å². The molecule has 0 bridgehead atoms. The third-order valence-corrected chi connectivity index (χ3v) is 4.50. The number of hydrogen-bond donors (Lipinski definition) is 1. The first-order chi connectivity index (χ1) is 13.3. The second-order valence-electron chi connectivity index (χ2n) is 6.21. The molecule has 140 valence electrons. The van der Waals surface area contributed by atoms with Gasteiger partial charge in [0.25, 0.3) is 0 Å². The zero-order chi connectivity index (χ0) is 18.6. The molecule has 1 aliphatic rings. The predicted octanol–water partition coefficient (Wildman–Crippen LogP) is 3.23. The topological polar surface area (TPSA) is 68.7 Å². The van der Waals surface area contributed by atoms with Gasteiger partial charge in [-0.2, -0.15) is 4.98 Å². The number of ether oxygens (including phenoxy) is 3. The van der Waals surface area contributed by atoms with Gasteiger partial charge in [0.05, 0.1) is 33.0 Å². The molecule has 27 heavy (non-hydrogen) atoms. The van der Waals surface area contributed by atoms with E-state index >= 15 is 0 Å². The minimum atomic E-state index is 0.533. The van der Waals surface area contributed by atoms with Gasteiger partial charge in [-0.3, -0.25) is 0 Å². The van der Waals surface area contributed by atoms with E-state index in [2.05, 4.69) is 21.3 Å². The maximum absolute atomic E-state index is 5.48. The maximum Gasteiger partial charge on any atom is 0.229 e. The Bertz CT molecular complexity index is 919. The van der Waals surface area contributed by atoms with E-state index in [9.17, 15) is 0 Å². The van der Waals surface area contributed by atoms with Gasteiger partial charge < -0.3 is 24.4 Å². The number of nitrogens with zero attached hydrogens (tertiary/aromatic N) is 3. The van der Waals surface area contributed by atoms with E-state index in [-0.39, 0.29) is 0 Å². The van der Waals surface area contributed by atoms with Crippen LogP contribution < -0.4 is 19.7 Å². The summed E-state index contributed by atoms with van der Waals surface area (Å²) in [4.78, 5) is 11.7. The van der Waals surface area contributed by atoms with Crippen LogP contribution in [-0.4, -0.2) is 50.5 Å². The highest BCUT2D eigenvalue weighted by atomic mass is 16.5. The normalized spacial score (nSPS) is 14.2. The number of fused-ring (bicyclic) bond motifs is 1. The third-order valence-electron chi connectivity index (χ3n) is 4.50. The molecule has 7 heteroatoms. The first-order valence-corrected chi connectivity index (χ1v) is 8.86. The van der Waals surface area contributed by atoms with Crippen molar-refractivity contribution in [3.05, 3.63) is 42.5 Å². The van der Waals surface area contributed by atoms with Crippen LogP contribution in [0, 0.1) is 0 Å². The molecule has 0 unspecified atom stereocenters. The van der Waals surface area contributed by atoms with Crippen molar-refractivity contribution in [1.82, 2.24) is 9.97 Å². The zero-order valence-electron chi connectivity index (χ0n) is 15.4. The summed E-state index contributed by atoms with van der Waals surface area (Å²) < 4.78 is 16.2. The Morgan fingerprint density at radius 2 is 1.67 bits per heavy atom. The molecule has 0 spiro atoms. The summed E-state index contributed by atoms with van der Waals surface area (Å²) >= 11 is 0. The number of aromatic nitrogens is 2. The highest BCUT2D eigenvalue weighted by Crippen LogP contribution is 2.30. The molecule has 3 aromatic rings. The number of methoxy groups -OCH3 is 2. The molecule has 1 saturated heterocycles. The number of para-hydroxylation sites is 1. The number of rotatable bonds is 5. The van der Waals surface area contributed by atoms with E-state index in [4.69, 9.17) is 19.2 Å². The minimum absolute atomic E-state index is 0.533. The molecule has 4 rings (SSSR count). The smallest absolute Gasteiger partial charge is 0.229 e. The molecule has 0 aliphatic carbocycles. The van der Waals surface area contributed by atoms with Crippen molar-refractivity contribution in [1.29, 1.82) is 0 Å². The van der Waals surface area contributed by atoms with Gasteiger partial charge in [0.15, 0.2) is 0 Å². The molecule has 0 radical (unpaired) electrons. The van der Waals surface area contributed by atoms with Gasteiger partial charge in [-0.15, -0.1) is 0 Å². The largest absolute Gasteiger partial charge is 0.497 e. The number of morpholine rings is 1. The van der Waals surface area contributed by atoms with Crippen LogP contribution in [0.3, 0.4) is 0 Å². The molecule has 1 N–H and O–H groups in total. The van der Waals surface area contributed by atoms with Gasteiger partial charge in [-0.05, 0) is 12.1 Å². The Balaban J connectivity index is 1.74. The van der Waals surface area contributed by atoms with E-state index in [0.717, 1.165) is 35.5 Å². The second kappa shape index (κ2) is 7.67. The molecular weight excluding hydrogens is 344 g/mol.